The number of ether oxygens (including phenoxy) is 2. The highest BCUT2D eigenvalue weighted by Gasteiger charge is 2.65. The Morgan fingerprint density at radius 3 is 2.93 bits per heavy atom. The predicted molar refractivity (Wildman–Crippen MR) is 98.1 cm³/mol. The number of hydrogen-bond acceptors (Lipinski definition) is 5. The van der Waals surface area contributed by atoms with Gasteiger partial charge >= 0.3 is 5.97 Å². The van der Waals surface area contributed by atoms with E-state index in [1.807, 2.05) is 6.07 Å². The number of ketones is 1. The Morgan fingerprint density at radius 2 is 2.15 bits per heavy atom. The summed E-state index contributed by atoms with van der Waals surface area (Å²) in [5, 5.41) is 0. The van der Waals surface area contributed by atoms with Crippen LogP contribution in [0.25, 0.3) is 0 Å². The van der Waals surface area contributed by atoms with E-state index < -0.39 is 6.10 Å². The summed E-state index contributed by atoms with van der Waals surface area (Å²) in [7, 11) is 2.20. The molecular weight excluding hydrogens is 342 g/mol. The first-order valence-corrected chi connectivity index (χ1v) is 10.4. The molecule has 1 spiro atoms. The van der Waals surface area contributed by atoms with Crippen molar-refractivity contribution in [3.63, 3.8) is 0 Å². The summed E-state index contributed by atoms with van der Waals surface area (Å²) in [4.78, 5) is 28.2. The molecular formula is C22H25NO4. The molecule has 2 bridgehead atoms. The van der Waals surface area contributed by atoms with Crippen LogP contribution in [-0.4, -0.2) is 48.5 Å². The van der Waals surface area contributed by atoms with Crippen LogP contribution in [0.1, 0.15) is 60.0 Å². The van der Waals surface area contributed by atoms with Gasteiger partial charge in [-0.1, -0.05) is 6.07 Å². The summed E-state index contributed by atoms with van der Waals surface area (Å²) in [5.74, 6) is 1.01. The molecule has 3 fully saturated rings. The summed E-state index contributed by atoms with van der Waals surface area (Å²) in [6, 6.07) is 4.42. The molecule has 2 saturated carbocycles. The number of nitrogens with zero attached hydrogens (tertiary/aromatic N) is 1. The first kappa shape index (κ1) is 16.1. The molecule has 0 N–H and O–H groups in total. The van der Waals surface area contributed by atoms with Gasteiger partial charge in [0.2, 0.25) is 0 Å². The van der Waals surface area contributed by atoms with Crippen LogP contribution in [0.3, 0.4) is 0 Å². The zero-order valence-electron chi connectivity index (χ0n) is 15.7. The van der Waals surface area contributed by atoms with Crippen molar-refractivity contribution in [3.05, 3.63) is 28.8 Å². The number of piperidine rings is 1. The fraction of sp³-hybridized carbons (Fsp3) is 0.636. The lowest BCUT2D eigenvalue weighted by atomic mass is 9.51. The highest BCUT2D eigenvalue weighted by Crippen LogP contribution is 2.62. The minimum Gasteiger partial charge on any atom is -0.480 e. The van der Waals surface area contributed by atoms with E-state index in [1.54, 1.807) is 0 Å². The molecule has 2 aliphatic heterocycles. The Labute approximate surface area is 159 Å². The molecule has 0 unspecified atom stereocenters. The van der Waals surface area contributed by atoms with E-state index >= 15 is 0 Å². The van der Waals surface area contributed by atoms with Gasteiger partial charge in [-0.05, 0) is 69.7 Å². The Bertz CT molecular complexity index is 860. The van der Waals surface area contributed by atoms with Crippen LogP contribution in [0.15, 0.2) is 12.1 Å². The standard InChI is InChI=1S/C22H25NO4/c1-23-10-9-22-15-7-8-17(24)20(22)27-19-14(21(25)26-13-3-2-4-13)6-5-12(18(19)22)11-16(15)23/h5-6,13,15-16,20H,2-4,7-11H2,1H3/t15-,16+,20-,22-/m0/s1. The number of benzene rings is 1. The minimum absolute atomic E-state index is 0.0460. The van der Waals surface area contributed by atoms with E-state index in [-0.39, 0.29) is 23.3 Å². The monoisotopic (exact) mass is 367 g/mol. The number of carbonyl (C=O) groups excluding carboxylic acids is 2. The molecule has 142 valence electrons. The van der Waals surface area contributed by atoms with Crippen molar-refractivity contribution in [1.82, 2.24) is 4.90 Å². The molecule has 6 rings (SSSR count). The molecule has 3 aliphatic carbocycles. The maximum absolute atomic E-state index is 12.9. The van der Waals surface area contributed by atoms with E-state index in [2.05, 4.69) is 18.0 Å². The Morgan fingerprint density at radius 1 is 1.30 bits per heavy atom. The summed E-state index contributed by atoms with van der Waals surface area (Å²) >= 11 is 0. The van der Waals surface area contributed by atoms with E-state index in [1.165, 1.54) is 5.56 Å². The van der Waals surface area contributed by atoms with E-state index in [0.29, 0.717) is 29.7 Å². The third-order valence-electron chi connectivity index (χ3n) is 7.95. The van der Waals surface area contributed by atoms with E-state index in [0.717, 1.165) is 50.6 Å². The fourth-order valence-electron chi connectivity index (χ4n) is 6.40. The van der Waals surface area contributed by atoms with Gasteiger partial charge in [0.25, 0.3) is 0 Å². The largest absolute Gasteiger partial charge is 0.480 e. The Kier molecular flexibility index (Phi) is 3.19. The molecule has 0 amide bonds. The SMILES string of the molecule is CN1CC[C@]23c4c5ccc(C(=O)OC6CCC6)c4O[C@H]2C(=O)CC[C@H]3[C@H]1C5. The quantitative estimate of drug-likeness (QED) is 0.752. The van der Waals surface area contributed by atoms with Crippen LogP contribution in [0.4, 0.5) is 0 Å². The van der Waals surface area contributed by atoms with Crippen molar-refractivity contribution in [2.24, 2.45) is 5.92 Å². The first-order valence-electron chi connectivity index (χ1n) is 10.4. The Balaban J connectivity index is 1.50. The highest BCUT2D eigenvalue weighted by molar-refractivity contribution is 5.96. The molecule has 1 aromatic carbocycles. The van der Waals surface area contributed by atoms with Gasteiger partial charge in [0.15, 0.2) is 11.9 Å². The number of likely N-dealkylation sites (tertiary alicyclic amines) is 1. The fourth-order valence-corrected chi connectivity index (χ4v) is 6.40. The molecule has 1 saturated heterocycles. The van der Waals surface area contributed by atoms with Crippen molar-refractivity contribution in [2.75, 3.05) is 13.6 Å². The maximum atomic E-state index is 12.9. The molecule has 0 radical (unpaired) electrons. The van der Waals surface area contributed by atoms with Crippen molar-refractivity contribution >= 4 is 11.8 Å². The Hall–Kier alpha value is -1.88. The zero-order valence-corrected chi connectivity index (χ0v) is 15.7. The van der Waals surface area contributed by atoms with Gasteiger partial charge in [-0.3, -0.25) is 4.79 Å². The molecule has 5 heteroatoms. The summed E-state index contributed by atoms with van der Waals surface area (Å²) in [5.41, 5.74) is 2.71. The molecule has 5 nitrogen and oxygen atoms in total. The lowest BCUT2D eigenvalue weighted by molar-refractivity contribution is -0.138. The van der Waals surface area contributed by atoms with Crippen molar-refractivity contribution in [1.29, 1.82) is 0 Å². The molecule has 2 heterocycles. The number of hydrogen-bond donors (Lipinski definition) is 0. The van der Waals surface area contributed by atoms with Gasteiger partial charge in [-0.15, -0.1) is 0 Å². The topological polar surface area (TPSA) is 55.8 Å². The number of rotatable bonds is 2. The van der Waals surface area contributed by atoms with Crippen LogP contribution < -0.4 is 4.74 Å². The van der Waals surface area contributed by atoms with Crippen LogP contribution in [-0.2, 0) is 21.4 Å². The molecule has 0 aromatic heterocycles. The molecule has 1 aromatic rings. The third kappa shape index (κ3) is 1.93. The molecule has 4 atom stereocenters. The summed E-state index contributed by atoms with van der Waals surface area (Å²) in [6.45, 7) is 0.976. The van der Waals surface area contributed by atoms with Crippen LogP contribution in [0, 0.1) is 5.92 Å². The minimum atomic E-state index is -0.417. The van der Waals surface area contributed by atoms with E-state index in [9.17, 15) is 9.59 Å². The zero-order chi connectivity index (χ0) is 18.3. The van der Waals surface area contributed by atoms with Crippen molar-refractivity contribution in [2.45, 2.75) is 68.6 Å². The highest BCUT2D eigenvalue weighted by atomic mass is 16.5. The second-order valence-electron chi connectivity index (χ2n) is 9.09. The number of esters is 1. The lowest BCUT2D eigenvalue weighted by Crippen LogP contribution is -2.65. The van der Waals surface area contributed by atoms with Crippen LogP contribution in [0.5, 0.6) is 5.75 Å². The van der Waals surface area contributed by atoms with E-state index in [4.69, 9.17) is 9.47 Å². The van der Waals surface area contributed by atoms with Gasteiger partial charge in [-0.2, -0.15) is 0 Å². The van der Waals surface area contributed by atoms with Gasteiger partial charge in [0.1, 0.15) is 17.4 Å². The smallest absolute Gasteiger partial charge is 0.342 e. The predicted octanol–water partition coefficient (Wildman–Crippen LogP) is 2.63. The van der Waals surface area contributed by atoms with Crippen LogP contribution in [0.2, 0.25) is 0 Å². The third-order valence-corrected chi connectivity index (χ3v) is 7.95. The molecule has 5 aliphatic rings. The average molecular weight is 367 g/mol. The number of likely N-dealkylation sites (N-methyl/N-ethyl adjacent to an activating group) is 1. The summed E-state index contributed by atoms with van der Waals surface area (Å²) < 4.78 is 12.0. The maximum Gasteiger partial charge on any atom is 0.342 e. The van der Waals surface area contributed by atoms with Gasteiger partial charge < -0.3 is 14.4 Å². The second-order valence-corrected chi connectivity index (χ2v) is 9.09. The normalized spacial score (nSPS) is 36.6. The van der Waals surface area contributed by atoms with Crippen molar-refractivity contribution in [3.8, 4) is 5.75 Å². The van der Waals surface area contributed by atoms with Gasteiger partial charge in [0.05, 0.1) is 0 Å². The van der Waals surface area contributed by atoms with Crippen LogP contribution >= 0.6 is 0 Å². The van der Waals surface area contributed by atoms with Crippen molar-refractivity contribution < 1.29 is 19.1 Å². The lowest BCUT2D eigenvalue weighted by Gasteiger charge is -2.57. The molecule has 27 heavy (non-hydrogen) atoms. The average Bonchev–Trinajstić information content (AvgIpc) is 2.98. The number of Topliss-reactive ketones (excluding diaryl/α,β-unsaturated/α-hetero) is 1. The van der Waals surface area contributed by atoms with Gasteiger partial charge in [0, 0.05) is 23.4 Å². The number of carbonyl (C=O) groups is 2. The first-order chi connectivity index (χ1) is 13.1. The second kappa shape index (κ2) is 5.34. The summed E-state index contributed by atoms with van der Waals surface area (Å²) in [6.07, 6.45) is 6.10. The van der Waals surface area contributed by atoms with Gasteiger partial charge in [-0.25, -0.2) is 4.79 Å².